The molecule has 0 aliphatic rings. The number of benzene rings is 1. The summed E-state index contributed by atoms with van der Waals surface area (Å²) in [5.41, 5.74) is 1.11. The number of hydrogen-bond acceptors (Lipinski definition) is 2. The summed E-state index contributed by atoms with van der Waals surface area (Å²) in [6, 6.07) is 10.1. The van der Waals surface area contributed by atoms with E-state index in [0.717, 1.165) is 13.0 Å². The number of hydrogen-bond donors (Lipinski definition) is 2. The van der Waals surface area contributed by atoms with Gasteiger partial charge in [-0.25, -0.2) is 0 Å². The van der Waals surface area contributed by atoms with Crippen molar-refractivity contribution in [3.63, 3.8) is 0 Å². The van der Waals surface area contributed by atoms with Crippen molar-refractivity contribution in [3.8, 4) is 0 Å². The van der Waals surface area contributed by atoms with E-state index in [4.69, 9.17) is 0 Å². The molecule has 100 valence electrons. The summed E-state index contributed by atoms with van der Waals surface area (Å²) in [5.74, 6) is 0.0514. The second-order valence-corrected chi connectivity index (χ2v) is 5.65. The number of nitrogens with one attached hydrogen (secondary N) is 2. The molecule has 0 saturated carbocycles. The number of carbonyl (C=O) groups is 1. The Morgan fingerprint density at radius 1 is 1.22 bits per heavy atom. The van der Waals surface area contributed by atoms with Gasteiger partial charge in [-0.3, -0.25) is 4.79 Å². The van der Waals surface area contributed by atoms with Crippen molar-refractivity contribution >= 4 is 5.91 Å². The molecule has 1 rings (SSSR count). The molecule has 1 amide bonds. The van der Waals surface area contributed by atoms with E-state index in [0.29, 0.717) is 0 Å². The summed E-state index contributed by atoms with van der Waals surface area (Å²) >= 11 is 0. The van der Waals surface area contributed by atoms with Crippen LogP contribution in [0.3, 0.4) is 0 Å². The zero-order valence-electron chi connectivity index (χ0n) is 11.8. The van der Waals surface area contributed by atoms with Gasteiger partial charge in [-0.1, -0.05) is 30.3 Å². The standard InChI is InChI=1S/C15H24N2O/c1-12(14(18)17-15(2,3)4)16-11-10-13-8-6-5-7-9-13/h5-9,12,16H,10-11H2,1-4H3,(H,17,18). The highest BCUT2D eigenvalue weighted by molar-refractivity contribution is 5.81. The maximum Gasteiger partial charge on any atom is 0.237 e. The van der Waals surface area contributed by atoms with E-state index in [1.165, 1.54) is 5.56 Å². The van der Waals surface area contributed by atoms with Crippen LogP contribution in [-0.2, 0) is 11.2 Å². The maximum absolute atomic E-state index is 11.8. The molecule has 0 spiro atoms. The molecule has 0 saturated heterocycles. The molecule has 3 nitrogen and oxygen atoms in total. The molecule has 1 atom stereocenters. The zero-order chi connectivity index (χ0) is 13.6. The molecular weight excluding hydrogens is 224 g/mol. The van der Waals surface area contributed by atoms with Crippen molar-refractivity contribution in [3.05, 3.63) is 35.9 Å². The average molecular weight is 248 g/mol. The molecule has 1 unspecified atom stereocenters. The van der Waals surface area contributed by atoms with Crippen molar-refractivity contribution in [2.75, 3.05) is 6.54 Å². The van der Waals surface area contributed by atoms with E-state index >= 15 is 0 Å². The molecular formula is C15H24N2O. The highest BCUT2D eigenvalue weighted by Crippen LogP contribution is 2.00. The topological polar surface area (TPSA) is 41.1 Å². The summed E-state index contributed by atoms with van der Waals surface area (Å²) in [4.78, 5) is 11.8. The lowest BCUT2D eigenvalue weighted by molar-refractivity contribution is -0.124. The SMILES string of the molecule is CC(NCCc1ccccc1)C(=O)NC(C)(C)C. The molecule has 3 heteroatoms. The Morgan fingerprint density at radius 2 is 1.83 bits per heavy atom. The predicted octanol–water partition coefficient (Wildman–Crippen LogP) is 2.12. The summed E-state index contributed by atoms with van der Waals surface area (Å²) in [6.45, 7) is 8.67. The van der Waals surface area contributed by atoms with Gasteiger partial charge in [0, 0.05) is 5.54 Å². The van der Waals surface area contributed by atoms with E-state index in [9.17, 15) is 4.79 Å². The van der Waals surface area contributed by atoms with E-state index < -0.39 is 0 Å². The van der Waals surface area contributed by atoms with Crippen LogP contribution >= 0.6 is 0 Å². The summed E-state index contributed by atoms with van der Waals surface area (Å²) in [7, 11) is 0. The molecule has 18 heavy (non-hydrogen) atoms. The van der Waals surface area contributed by atoms with Gasteiger partial charge in [0.15, 0.2) is 0 Å². The second kappa shape index (κ2) is 6.55. The lowest BCUT2D eigenvalue weighted by Gasteiger charge is -2.23. The van der Waals surface area contributed by atoms with Crippen molar-refractivity contribution in [1.82, 2.24) is 10.6 Å². The van der Waals surface area contributed by atoms with Crippen molar-refractivity contribution in [2.45, 2.75) is 45.7 Å². The Labute approximate surface area is 110 Å². The third kappa shape index (κ3) is 5.82. The third-order valence-electron chi connectivity index (χ3n) is 2.60. The van der Waals surface area contributed by atoms with Crippen LogP contribution in [0.4, 0.5) is 0 Å². The van der Waals surface area contributed by atoms with Gasteiger partial charge in [0.2, 0.25) is 5.91 Å². The van der Waals surface area contributed by atoms with Gasteiger partial charge in [0.1, 0.15) is 0 Å². The number of rotatable bonds is 5. The minimum Gasteiger partial charge on any atom is -0.350 e. The fourth-order valence-corrected chi connectivity index (χ4v) is 1.65. The van der Waals surface area contributed by atoms with E-state index in [1.807, 2.05) is 45.9 Å². The molecule has 0 heterocycles. The van der Waals surface area contributed by atoms with Crippen LogP contribution in [0.25, 0.3) is 0 Å². The van der Waals surface area contributed by atoms with Gasteiger partial charge in [-0.15, -0.1) is 0 Å². The van der Waals surface area contributed by atoms with Gasteiger partial charge in [-0.05, 0) is 46.2 Å². The van der Waals surface area contributed by atoms with Gasteiger partial charge >= 0.3 is 0 Å². The minimum absolute atomic E-state index is 0.0514. The quantitative estimate of drug-likeness (QED) is 0.838. The number of amides is 1. The fourth-order valence-electron chi connectivity index (χ4n) is 1.65. The molecule has 0 bridgehead atoms. The van der Waals surface area contributed by atoms with Crippen molar-refractivity contribution in [2.24, 2.45) is 0 Å². The summed E-state index contributed by atoms with van der Waals surface area (Å²) in [6.07, 6.45) is 0.938. The Kier molecular flexibility index (Phi) is 5.35. The number of carbonyl (C=O) groups excluding carboxylic acids is 1. The first-order chi connectivity index (χ1) is 8.38. The lowest BCUT2D eigenvalue weighted by Crippen LogP contribution is -2.49. The lowest BCUT2D eigenvalue weighted by atomic mass is 10.1. The van der Waals surface area contributed by atoms with Gasteiger partial charge in [0.25, 0.3) is 0 Å². The molecule has 0 aromatic heterocycles. The van der Waals surface area contributed by atoms with Crippen LogP contribution in [0.2, 0.25) is 0 Å². The average Bonchev–Trinajstić information content (AvgIpc) is 2.28. The zero-order valence-corrected chi connectivity index (χ0v) is 11.8. The normalized spacial score (nSPS) is 13.1. The van der Waals surface area contributed by atoms with E-state index in [1.54, 1.807) is 0 Å². The Bertz CT molecular complexity index is 368. The highest BCUT2D eigenvalue weighted by Gasteiger charge is 2.18. The molecule has 2 N–H and O–H groups in total. The van der Waals surface area contributed by atoms with Crippen LogP contribution in [0.5, 0.6) is 0 Å². The maximum atomic E-state index is 11.8. The Balaban J connectivity index is 2.29. The third-order valence-corrected chi connectivity index (χ3v) is 2.60. The molecule has 0 aliphatic carbocycles. The highest BCUT2D eigenvalue weighted by atomic mass is 16.2. The monoisotopic (exact) mass is 248 g/mol. The molecule has 0 radical (unpaired) electrons. The van der Waals surface area contributed by atoms with Crippen LogP contribution in [0, 0.1) is 0 Å². The van der Waals surface area contributed by atoms with Crippen LogP contribution < -0.4 is 10.6 Å². The first-order valence-corrected chi connectivity index (χ1v) is 6.48. The minimum atomic E-state index is -0.174. The summed E-state index contributed by atoms with van der Waals surface area (Å²) < 4.78 is 0. The molecule has 0 aliphatic heterocycles. The first-order valence-electron chi connectivity index (χ1n) is 6.48. The van der Waals surface area contributed by atoms with Crippen LogP contribution in [0.1, 0.15) is 33.3 Å². The van der Waals surface area contributed by atoms with Crippen molar-refractivity contribution in [1.29, 1.82) is 0 Å². The van der Waals surface area contributed by atoms with E-state index in [-0.39, 0.29) is 17.5 Å². The van der Waals surface area contributed by atoms with Crippen molar-refractivity contribution < 1.29 is 4.79 Å². The second-order valence-electron chi connectivity index (χ2n) is 5.65. The molecule has 1 aromatic carbocycles. The Morgan fingerprint density at radius 3 is 2.39 bits per heavy atom. The van der Waals surface area contributed by atoms with Gasteiger partial charge < -0.3 is 10.6 Å². The first kappa shape index (κ1) is 14.7. The largest absolute Gasteiger partial charge is 0.350 e. The molecule has 0 fully saturated rings. The fraction of sp³-hybridized carbons (Fsp3) is 0.533. The van der Waals surface area contributed by atoms with Gasteiger partial charge in [-0.2, -0.15) is 0 Å². The van der Waals surface area contributed by atoms with E-state index in [2.05, 4.69) is 22.8 Å². The summed E-state index contributed by atoms with van der Waals surface area (Å²) in [5, 5.41) is 6.21. The molecule has 1 aromatic rings. The predicted molar refractivity (Wildman–Crippen MR) is 75.5 cm³/mol. The van der Waals surface area contributed by atoms with Gasteiger partial charge in [0.05, 0.1) is 6.04 Å². The van der Waals surface area contributed by atoms with Crippen LogP contribution in [0.15, 0.2) is 30.3 Å². The smallest absolute Gasteiger partial charge is 0.237 e. The Hall–Kier alpha value is -1.35. The van der Waals surface area contributed by atoms with Crippen LogP contribution in [-0.4, -0.2) is 24.0 Å².